The van der Waals surface area contributed by atoms with Crippen LogP contribution in [0.5, 0.6) is 0 Å². The molecule has 0 aliphatic carbocycles. The maximum Gasteiger partial charge on any atom is 0.264 e. The van der Waals surface area contributed by atoms with Gasteiger partial charge in [-0.1, -0.05) is 110 Å². The van der Waals surface area contributed by atoms with E-state index in [0.717, 1.165) is 28.1 Å². The van der Waals surface area contributed by atoms with E-state index >= 15 is 8.90 Å². The molecule has 1 saturated heterocycles. The molecule has 4 heterocycles. The second-order valence-corrected chi connectivity index (χ2v) is 21.8. The Kier molecular flexibility index (Phi) is 12.4. The Morgan fingerprint density at radius 3 is 1.89 bits per heavy atom. The predicted octanol–water partition coefficient (Wildman–Crippen LogP) is 8.48. The number of carbonyl (C=O) groups is 4. The number of benzene rings is 5. The summed E-state index contributed by atoms with van der Waals surface area (Å²) in [5, 5.41) is 22.4. The number of fused-ring (bicyclic) bond motifs is 2. The Bertz CT molecular complexity index is 2710. The van der Waals surface area contributed by atoms with Gasteiger partial charge < -0.3 is 23.8 Å². The minimum atomic E-state index is -3.70. The van der Waals surface area contributed by atoms with Crippen molar-refractivity contribution in [2.75, 3.05) is 28.1 Å². The predicted molar refractivity (Wildman–Crippen MR) is 255 cm³/mol. The molecule has 4 aliphatic rings. The highest BCUT2D eigenvalue weighted by Gasteiger charge is 2.67. The number of hydrogen-bond acceptors (Lipinski definition) is 8. The molecule has 4 atom stereocenters. The molecule has 338 valence electrons. The van der Waals surface area contributed by atoms with Crippen LogP contribution in [-0.2, 0) is 42.6 Å². The van der Waals surface area contributed by atoms with Crippen LogP contribution in [0.15, 0.2) is 144 Å². The van der Waals surface area contributed by atoms with Crippen molar-refractivity contribution >= 4 is 60.5 Å². The Morgan fingerprint density at radius 2 is 1.32 bits per heavy atom. The summed E-state index contributed by atoms with van der Waals surface area (Å²) >= 11 is 0. The molecule has 0 unspecified atom stereocenters. The highest BCUT2D eigenvalue weighted by Crippen LogP contribution is 2.61. The summed E-state index contributed by atoms with van der Waals surface area (Å²) in [5.74, 6) is -1.85. The fourth-order valence-corrected chi connectivity index (χ4v) is 12.7. The molecule has 5 aromatic carbocycles. The maximum absolute atomic E-state index is 17.0. The second kappa shape index (κ2) is 18.3. The largest absolute Gasteiger partial charge is 0.395 e. The average Bonchev–Trinajstić information content (AvgIpc) is 3.75. The van der Waals surface area contributed by atoms with Crippen LogP contribution in [0.4, 0.5) is 21.2 Å². The van der Waals surface area contributed by atoms with Gasteiger partial charge in [0.2, 0.25) is 26.1 Å². The van der Waals surface area contributed by atoms with E-state index in [9.17, 15) is 19.5 Å². The number of anilines is 3. The monoisotopic (exact) mass is 904 g/mol. The van der Waals surface area contributed by atoms with Gasteiger partial charge in [0.15, 0.2) is 5.60 Å². The van der Waals surface area contributed by atoms with Crippen LogP contribution in [0, 0.1) is 5.92 Å². The van der Waals surface area contributed by atoms with E-state index in [4.69, 9.17) is 14.9 Å². The molecule has 5 aromatic rings. The van der Waals surface area contributed by atoms with Crippen molar-refractivity contribution in [1.29, 1.82) is 0 Å². The smallest absolute Gasteiger partial charge is 0.264 e. The zero-order valence-corrected chi connectivity index (χ0v) is 38.3. The van der Waals surface area contributed by atoms with Crippen LogP contribution in [0.2, 0.25) is 18.6 Å². The summed E-state index contributed by atoms with van der Waals surface area (Å²) in [4.78, 5) is 60.1. The van der Waals surface area contributed by atoms with Crippen molar-refractivity contribution in [2.24, 2.45) is 16.1 Å². The van der Waals surface area contributed by atoms with Gasteiger partial charge in [0.1, 0.15) is 0 Å². The van der Waals surface area contributed by atoms with Crippen LogP contribution in [0.25, 0.3) is 0 Å². The molecule has 0 aromatic heterocycles. The lowest BCUT2D eigenvalue weighted by molar-refractivity contribution is -0.150. The zero-order valence-electron chi connectivity index (χ0n) is 37.3. The van der Waals surface area contributed by atoms with Crippen LogP contribution in [0.3, 0.4) is 0 Å². The Balaban J connectivity index is 1.11. The number of halogens is 1. The first-order chi connectivity index (χ1) is 31.8. The molecule has 4 aliphatic heterocycles. The Hall–Kier alpha value is -6.61. The summed E-state index contributed by atoms with van der Waals surface area (Å²) in [7, 11) is -3.70. The quantitative estimate of drug-likeness (QED) is 0.0931. The Labute approximate surface area is 385 Å². The lowest BCUT2D eigenvalue weighted by atomic mass is 9.82. The van der Waals surface area contributed by atoms with Crippen LogP contribution in [-0.4, -0.2) is 72.7 Å². The maximum atomic E-state index is 17.0. The molecular weight excluding hydrogens is 852 g/mol. The SMILES string of the molecule is C[C@@H]1[C@@H]([Si](C)(C)F)[C@H](CC(=O)N(CCO)Cc2ccccc2)O[C@@]12C(=O)N(Cc1cccc(N3N=C(c4ccccc4)CCC3=O)c1)c1ccc(N3N=C(c4ccccc4)CCC3=O)cc12. The van der Waals surface area contributed by atoms with Crippen molar-refractivity contribution < 1.29 is 33.1 Å². The van der Waals surface area contributed by atoms with E-state index in [1.165, 1.54) is 10.0 Å². The van der Waals surface area contributed by atoms with Gasteiger partial charge in [-0.2, -0.15) is 10.2 Å². The van der Waals surface area contributed by atoms with E-state index < -0.39 is 37.5 Å². The first-order valence-corrected chi connectivity index (χ1v) is 25.6. The summed E-state index contributed by atoms with van der Waals surface area (Å²) < 4.78 is 24.0. The summed E-state index contributed by atoms with van der Waals surface area (Å²) in [6.07, 6.45) is 0.297. The number of hydrogen-bond donors (Lipinski definition) is 1. The molecule has 0 bridgehead atoms. The average molecular weight is 905 g/mol. The van der Waals surface area contributed by atoms with Gasteiger partial charge in [-0.15, -0.1) is 0 Å². The molecule has 4 amide bonds. The highest BCUT2D eigenvalue weighted by atomic mass is 28.4. The molecule has 9 rings (SSSR count). The molecule has 12 nitrogen and oxygen atoms in total. The fourth-order valence-electron chi connectivity index (χ4n) is 10.2. The fraction of sp³-hybridized carbons (Fsp3) is 0.308. The number of amides is 4. The van der Waals surface area contributed by atoms with Gasteiger partial charge in [-0.05, 0) is 65.7 Å². The van der Waals surface area contributed by atoms with Gasteiger partial charge in [0.25, 0.3) is 5.91 Å². The zero-order chi connectivity index (χ0) is 46.2. The molecule has 1 spiro atoms. The second-order valence-electron chi connectivity index (χ2n) is 18.0. The first kappa shape index (κ1) is 44.6. The van der Waals surface area contributed by atoms with E-state index in [2.05, 4.69) is 0 Å². The molecule has 1 N–H and O–H groups in total. The third-order valence-corrected chi connectivity index (χ3v) is 15.7. The molecule has 1 fully saturated rings. The lowest BCUT2D eigenvalue weighted by Gasteiger charge is -2.31. The first-order valence-electron chi connectivity index (χ1n) is 22.6. The molecule has 0 radical (unpaired) electrons. The van der Waals surface area contributed by atoms with Gasteiger partial charge in [0.05, 0.1) is 54.2 Å². The van der Waals surface area contributed by atoms with Crippen LogP contribution >= 0.6 is 0 Å². The summed E-state index contributed by atoms with van der Waals surface area (Å²) in [6, 6.07) is 41.5. The van der Waals surface area contributed by atoms with Crippen molar-refractivity contribution in [2.45, 2.75) is 82.5 Å². The minimum Gasteiger partial charge on any atom is -0.395 e. The number of ether oxygens (including phenoxy) is 1. The molecule has 14 heteroatoms. The standard InChI is InChI=1S/C52H53FN6O6Si/c1-35-50(66(2,3)53)46(32-49(63)56(28-29-60)33-36-14-7-4-8-15-36)65-52(35)42-31-41(59-48(62)27-24-44(55-59)39-19-11-6-12-20-39)22-25-45(42)57(51(52)64)34-37-16-13-21-40(30-37)58-47(61)26-23-43(54-58)38-17-9-5-10-18-38/h4-22,25,30-31,35,46,50,60H,23-24,26-29,32-34H2,1-3H3/t35-,46+,50-,52+/m1/s1. The number of aliphatic hydroxyl groups is 1. The van der Waals surface area contributed by atoms with Gasteiger partial charge in [-0.25, -0.2) is 10.0 Å². The highest BCUT2D eigenvalue weighted by molar-refractivity contribution is 6.72. The molecule has 66 heavy (non-hydrogen) atoms. The third kappa shape index (κ3) is 8.51. The van der Waals surface area contributed by atoms with E-state index in [1.54, 1.807) is 41.1 Å². The summed E-state index contributed by atoms with van der Waals surface area (Å²) in [5.41, 5.74) is 4.38. The van der Waals surface area contributed by atoms with E-state index in [0.29, 0.717) is 41.0 Å². The van der Waals surface area contributed by atoms with Gasteiger partial charge in [0, 0.05) is 55.8 Å². The Morgan fingerprint density at radius 1 is 0.758 bits per heavy atom. The number of rotatable bonds is 13. The van der Waals surface area contributed by atoms with Gasteiger partial charge in [-0.3, -0.25) is 19.2 Å². The minimum absolute atomic E-state index is 0.0669. The van der Waals surface area contributed by atoms with E-state index in [1.807, 2.05) is 122 Å². The van der Waals surface area contributed by atoms with E-state index in [-0.39, 0.29) is 63.2 Å². The van der Waals surface area contributed by atoms with Crippen molar-refractivity contribution in [3.63, 3.8) is 0 Å². The molecular formula is C52H53FN6O6Si. The van der Waals surface area contributed by atoms with Crippen molar-refractivity contribution in [3.05, 3.63) is 161 Å². The summed E-state index contributed by atoms with van der Waals surface area (Å²) in [6.45, 7) is 5.12. The lowest BCUT2D eigenvalue weighted by Crippen LogP contribution is -2.45. The van der Waals surface area contributed by atoms with Crippen molar-refractivity contribution in [3.8, 4) is 0 Å². The van der Waals surface area contributed by atoms with Crippen LogP contribution in [0.1, 0.15) is 66.8 Å². The number of hydrazone groups is 2. The van der Waals surface area contributed by atoms with Crippen molar-refractivity contribution in [1.82, 2.24) is 4.90 Å². The molecule has 0 saturated carbocycles. The van der Waals surface area contributed by atoms with Gasteiger partial charge >= 0.3 is 0 Å². The number of carbonyl (C=O) groups excluding carboxylic acids is 4. The topological polar surface area (TPSA) is 135 Å². The number of aliphatic hydroxyl groups excluding tert-OH is 1. The van der Waals surface area contributed by atoms with Crippen LogP contribution < -0.4 is 14.9 Å². The number of nitrogens with zero attached hydrogens (tertiary/aromatic N) is 6. The normalized spacial score (nSPS) is 21.9. The third-order valence-electron chi connectivity index (χ3n) is 13.3.